The van der Waals surface area contributed by atoms with Gasteiger partial charge in [-0.1, -0.05) is 0 Å². The van der Waals surface area contributed by atoms with Gasteiger partial charge in [-0.15, -0.1) is 0 Å². The Labute approximate surface area is 139 Å². The second kappa shape index (κ2) is 4.18. The number of aromatic nitrogens is 3. The van der Waals surface area contributed by atoms with Crippen molar-refractivity contribution in [3.63, 3.8) is 0 Å². The van der Waals surface area contributed by atoms with Crippen molar-refractivity contribution in [1.82, 2.24) is 14.4 Å². The van der Waals surface area contributed by atoms with Crippen molar-refractivity contribution in [2.75, 3.05) is 0 Å². The van der Waals surface area contributed by atoms with Gasteiger partial charge in [-0.25, -0.2) is 0 Å². The first-order chi connectivity index (χ1) is 5.66. The van der Waals surface area contributed by atoms with Gasteiger partial charge in [-0.3, -0.25) is 0 Å². The second-order valence-corrected chi connectivity index (χ2v) is 9.46. The molecule has 0 atom stereocenters. The van der Waals surface area contributed by atoms with Crippen LogP contribution in [0.1, 0.15) is 5.69 Å². The minimum absolute atomic E-state index is 0.376. The Balaban J connectivity index is 2.88. The minimum atomic E-state index is 0.376. The number of hydrogen-bond acceptors (Lipinski definition) is 2. The van der Waals surface area contributed by atoms with Crippen molar-refractivity contribution in [2.24, 2.45) is 0 Å². The van der Waals surface area contributed by atoms with Crippen LogP contribution in [0.15, 0.2) is 12.3 Å². The Bertz CT molecular complexity index is 437. The summed E-state index contributed by atoms with van der Waals surface area (Å²) in [5, 5.41) is 0. The van der Waals surface area contributed by atoms with Gasteiger partial charge in [0.2, 0.25) is 0 Å². The number of hydrogen-bond donors (Lipinski definition) is 0. The van der Waals surface area contributed by atoms with E-state index in [0.29, 0.717) is 98.3 Å². The molecule has 0 bridgehead atoms. The normalized spacial score (nSPS) is 10.8. The predicted octanol–water partition coefficient (Wildman–Crippen LogP) is -1.26. The summed E-state index contributed by atoms with van der Waals surface area (Å²) in [5.41, 5.74) is 2.19. The fraction of sp³-hybridized carbons (Fsp3) is 0.143. The van der Waals surface area contributed by atoms with E-state index in [1.165, 1.54) is -0.372 Å². The molecular weight excluding hydrogens is 438 g/mol. The van der Waals surface area contributed by atoms with Crippen LogP contribution in [0.2, 0.25) is 0 Å². The van der Waals surface area contributed by atoms with Gasteiger partial charge in [0.15, 0.2) is 0 Å². The number of nitrogens with zero attached hydrogens (tertiary/aromatic N) is 3. The van der Waals surface area contributed by atoms with E-state index in [0.717, 1.165) is 11.3 Å². The molecule has 2 aromatic rings. The van der Waals surface area contributed by atoms with Gasteiger partial charge in [0.05, 0.1) is 0 Å². The fourth-order valence-electron chi connectivity index (χ4n) is 1.41. The number of imidazole rings is 1. The fourth-order valence-corrected chi connectivity index (χ4v) is 5.16. The van der Waals surface area contributed by atoms with Crippen molar-refractivity contribution in [3.05, 3.63) is 18.0 Å². The van der Waals surface area contributed by atoms with Crippen LogP contribution in [0.3, 0.4) is 0 Å². The average Bonchev–Trinajstić information content (AvgIpc) is 2.29. The molecule has 0 aliphatic carbocycles. The van der Waals surface area contributed by atoms with Gasteiger partial charge in [0.1, 0.15) is 0 Å². The molecule has 2 heterocycles. The molecule has 3 nitrogen and oxygen atoms in total. The van der Waals surface area contributed by atoms with Gasteiger partial charge >= 0.3 is 143 Å². The van der Waals surface area contributed by atoms with Gasteiger partial charge in [0.25, 0.3) is 0 Å². The monoisotopic (exact) mass is 443 g/mol. The zero-order valence-electron chi connectivity index (χ0n) is 7.50. The second-order valence-electron chi connectivity index (χ2n) is 3.06. The van der Waals surface area contributed by atoms with E-state index >= 15 is 0 Å². The van der Waals surface area contributed by atoms with Gasteiger partial charge in [-0.05, 0) is 0 Å². The SMILES string of the molecule is Cc1cc2n[c]([RaH])cn2[c]([Rb])n1. The van der Waals surface area contributed by atoms with Gasteiger partial charge in [-0.2, -0.15) is 0 Å². The predicted molar refractivity (Wildman–Crippen MR) is 44.1 cm³/mol. The van der Waals surface area contributed by atoms with Gasteiger partial charge < -0.3 is 0 Å². The van der Waals surface area contributed by atoms with Crippen molar-refractivity contribution in [1.29, 1.82) is 0 Å². The summed E-state index contributed by atoms with van der Waals surface area (Å²) in [4.78, 5) is 8.95. The molecule has 52 valence electrons. The quantitative estimate of drug-likeness (QED) is 0.509. The zero-order chi connectivity index (χ0) is 8.72. The number of rotatable bonds is 0. The maximum atomic E-state index is 4.49. The zero-order valence-corrected chi connectivity index (χ0v) is 20.6. The molecule has 2 rings (SSSR count). The summed E-state index contributed by atoms with van der Waals surface area (Å²) in [6.45, 7) is 2.04. The Morgan fingerprint density at radius 1 is 1.50 bits per heavy atom. The summed E-state index contributed by atoms with van der Waals surface area (Å²) < 4.78 is 4.69. The van der Waals surface area contributed by atoms with E-state index < -0.39 is 0 Å². The molecule has 12 heavy (non-hydrogen) atoms. The molecule has 0 amide bonds. The summed E-state index contributed by atoms with van der Waals surface area (Å²) in [7, 11) is 0. The third kappa shape index (κ3) is 2.10. The van der Waals surface area contributed by atoms with E-state index in [1.807, 2.05) is 6.92 Å². The third-order valence-electron chi connectivity index (χ3n) is 1.88. The van der Waals surface area contributed by atoms with Gasteiger partial charge in [0, 0.05) is 0 Å². The molecule has 0 saturated carbocycles. The van der Waals surface area contributed by atoms with Crippen LogP contribution in [-0.4, -0.2) is 69.9 Å². The van der Waals surface area contributed by atoms with E-state index in [-0.39, 0.29) is 0 Å². The summed E-state index contributed by atoms with van der Waals surface area (Å²) in [6, 6.07) is 2.06. The van der Waals surface area contributed by atoms with E-state index in [9.17, 15) is 0 Å². The maximum absolute atomic E-state index is 4.49. The first-order valence-electron chi connectivity index (χ1n) is 3.97. The van der Waals surface area contributed by atoms with Crippen LogP contribution in [0.25, 0.3) is 5.65 Å². The molecule has 2 aromatic heterocycles. The van der Waals surface area contributed by atoms with E-state index in [2.05, 4.69) is 26.6 Å². The van der Waals surface area contributed by atoms with Crippen LogP contribution < -0.4 is -0.372 Å². The molecule has 0 spiro atoms. The number of fused-ring (bicyclic) bond motifs is 1. The number of aryl methyl sites for hydroxylation is 1. The van der Waals surface area contributed by atoms with Crippen LogP contribution >= 0.6 is 0 Å². The first-order valence-corrected chi connectivity index (χ1v) is 10.5. The molecule has 0 aromatic carbocycles. The molecule has 0 N–H and O–H groups in total. The van der Waals surface area contributed by atoms with Crippen molar-refractivity contribution in [2.45, 2.75) is 6.92 Å². The molecule has 5 heteroatoms. The van der Waals surface area contributed by atoms with Crippen LogP contribution in [0, 0.1) is 49.7 Å². The first kappa shape index (κ1) is 10.4. The topological polar surface area (TPSA) is 30.2 Å². The molecule has 0 radical (unpaired) electrons. The molecule has 0 aliphatic heterocycles. The standard InChI is InChI=1S/C7H5N3.Ra.Rb.H/c1-6-4-7-8-2-3-10(7)5-9-6;;;/h3-4H,1H3;;;. The van der Waals surface area contributed by atoms with Crippen LogP contribution in [0.4, 0.5) is 0 Å². The molecule has 0 unspecified atom stereocenters. The third-order valence-corrected chi connectivity index (χ3v) is 5.59. The Kier molecular flexibility index (Phi) is 3.62. The van der Waals surface area contributed by atoms with Crippen molar-refractivity contribution < 1.29 is 42.8 Å². The Morgan fingerprint density at radius 2 is 2.25 bits per heavy atom. The van der Waals surface area contributed by atoms with Crippen LogP contribution in [-0.2, 0) is 0 Å². The molecule has 0 saturated heterocycles. The summed E-state index contributed by atoms with van der Waals surface area (Å²) >= 11 is 0.836. The molecular formula is C7H6N3RaRb. The van der Waals surface area contributed by atoms with E-state index in [4.69, 9.17) is 0 Å². The summed E-state index contributed by atoms with van der Waals surface area (Å²) in [6.07, 6.45) is 2.15. The van der Waals surface area contributed by atoms with E-state index in [1.54, 1.807) is 0 Å². The summed E-state index contributed by atoms with van der Waals surface area (Å²) in [5.74, 6) is 0. The average molecular weight is 444 g/mol. The van der Waals surface area contributed by atoms with Crippen molar-refractivity contribution in [3.8, 4) is 0 Å². The molecule has 0 fully saturated rings. The Morgan fingerprint density at radius 3 is 3.00 bits per heavy atom. The Hall–Kier alpha value is 1.89. The molecule has 0 aliphatic rings. The van der Waals surface area contributed by atoms with Crippen molar-refractivity contribution >= 4 is 60.8 Å². The van der Waals surface area contributed by atoms with Crippen LogP contribution in [0.5, 0.6) is 0 Å².